The zero-order chi connectivity index (χ0) is 9.42. The summed E-state index contributed by atoms with van der Waals surface area (Å²) < 4.78 is 0. The molecule has 0 radical (unpaired) electrons. The Morgan fingerprint density at radius 2 is 2.15 bits per heavy atom. The first-order valence-electron chi connectivity index (χ1n) is 3.77. The molecule has 0 aliphatic heterocycles. The van der Waals surface area contributed by atoms with Gasteiger partial charge in [0.15, 0.2) is 0 Å². The van der Waals surface area contributed by atoms with Crippen LogP contribution >= 0.6 is 0 Å². The van der Waals surface area contributed by atoms with Crippen LogP contribution in [0.25, 0.3) is 11.0 Å². The van der Waals surface area contributed by atoms with Crippen LogP contribution < -0.4 is 11.2 Å². The molecule has 66 valence electrons. The lowest BCUT2D eigenvalue weighted by Gasteiger charge is -2.01. The van der Waals surface area contributed by atoms with Gasteiger partial charge in [0, 0.05) is 0 Å². The van der Waals surface area contributed by atoms with E-state index in [-0.39, 0.29) is 0 Å². The number of imidazole rings is 1. The second kappa shape index (κ2) is 2.76. The molecule has 0 saturated heterocycles. The number of fused-ring (bicyclic) bond motifs is 1. The van der Waals surface area contributed by atoms with Crippen LogP contribution in [0.2, 0.25) is 0 Å². The summed E-state index contributed by atoms with van der Waals surface area (Å²) in [5, 5.41) is 17.8. The molecule has 0 atom stereocenters. The van der Waals surface area contributed by atoms with Crippen molar-refractivity contribution in [2.24, 2.45) is 0 Å². The minimum atomic E-state index is -1.50. The average Bonchev–Trinajstić information content (AvgIpc) is 2.51. The molecule has 0 amide bonds. The van der Waals surface area contributed by atoms with Crippen LogP contribution in [0.15, 0.2) is 18.5 Å². The van der Waals surface area contributed by atoms with Crippen LogP contribution in [0.5, 0.6) is 0 Å². The highest BCUT2D eigenvalue weighted by molar-refractivity contribution is 6.59. The van der Waals surface area contributed by atoms with E-state index < -0.39 is 7.12 Å². The Kier molecular flexibility index (Phi) is 1.71. The lowest BCUT2D eigenvalue weighted by Crippen LogP contribution is -2.29. The van der Waals surface area contributed by atoms with Gasteiger partial charge in [-0.05, 0) is 17.6 Å². The van der Waals surface area contributed by atoms with Crippen molar-refractivity contribution in [3.05, 3.63) is 18.5 Å². The highest BCUT2D eigenvalue weighted by Gasteiger charge is 2.13. The van der Waals surface area contributed by atoms with E-state index in [0.29, 0.717) is 22.2 Å². The van der Waals surface area contributed by atoms with Gasteiger partial charge in [-0.15, -0.1) is 0 Å². The molecule has 0 unspecified atom stereocenters. The van der Waals surface area contributed by atoms with Crippen molar-refractivity contribution in [3.8, 4) is 0 Å². The summed E-state index contributed by atoms with van der Waals surface area (Å²) in [6.45, 7) is 0. The Balaban J connectivity index is 2.70. The van der Waals surface area contributed by atoms with Gasteiger partial charge in [-0.1, -0.05) is 0 Å². The predicted octanol–water partition coefficient (Wildman–Crippen LogP) is -1.18. The van der Waals surface area contributed by atoms with Gasteiger partial charge in [0.05, 0.1) is 17.5 Å². The lowest BCUT2D eigenvalue weighted by molar-refractivity contribution is 0.426. The van der Waals surface area contributed by atoms with Crippen LogP contribution in [0, 0.1) is 0 Å². The highest BCUT2D eigenvalue weighted by Crippen LogP contribution is 2.14. The zero-order valence-corrected chi connectivity index (χ0v) is 6.73. The van der Waals surface area contributed by atoms with Gasteiger partial charge in [-0.2, -0.15) is 0 Å². The van der Waals surface area contributed by atoms with E-state index in [0.717, 1.165) is 0 Å². The topological polar surface area (TPSA) is 95.2 Å². The van der Waals surface area contributed by atoms with Gasteiger partial charge in [0.1, 0.15) is 5.52 Å². The number of nitrogens with zero attached hydrogens (tertiary/aromatic N) is 1. The van der Waals surface area contributed by atoms with Crippen LogP contribution in [-0.2, 0) is 0 Å². The lowest BCUT2D eigenvalue weighted by atomic mass is 9.80. The van der Waals surface area contributed by atoms with Crippen LogP contribution in [-0.4, -0.2) is 27.1 Å². The molecule has 0 aliphatic carbocycles. The van der Waals surface area contributed by atoms with Crippen LogP contribution in [0.1, 0.15) is 0 Å². The molecule has 1 aromatic heterocycles. The smallest absolute Gasteiger partial charge is 0.423 e. The second-order valence-electron chi connectivity index (χ2n) is 2.78. The maximum Gasteiger partial charge on any atom is 0.488 e. The molecule has 2 rings (SSSR count). The van der Waals surface area contributed by atoms with Crippen molar-refractivity contribution in [2.45, 2.75) is 0 Å². The van der Waals surface area contributed by atoms with Crippen LogP contribution in [0.3, 0.4) is 0 Å². The summed E-state index contributed by atoms with van der Waals surface area (Å²) in [6, 6.07) is 3.09. The van der Waals surface area contributed by atoms with Crippen molar-refractivity contribution >= 4 is 29.3 Å². The number of H-pyrrole nitrogens is 1. The first-order chi connectivity index (χ1) is 6.18. The van der Waals surface area contributed by atoms with E-state index in [1.54, 1.807) is 6.07 Å². The molecule has 0 bridgehead atoms. The van der Waals surface area contributed by atoms with Gasteiger partial charge in [0.25, 0.3) is 0 Å². The third-order valence-corrected chi connectivity index (χ3v) is 1.87. The maximum atomic E-state index is 8.91. The first-order valence-corrected chi connectivity index (χ1v) is 3.77. The average molecular weight is 177 g/mol. The Bertz CT molecular complexity index is 440. The number of aromatic amines is 1. The molecule has 1 heterocycles. The normalized spacial score (nSPS) is 10.6. The summed E-state index contributed by atoms with van der Waals surface area (Å²) in [4.78, 5) is 6.82. The number of hydrogen-bond acceptors (Lipinski definition) is 4. The van der Waals surface area contributed by atoms with Gasteiger partial charge < -0.3 is 20.8 Å². The molecule has 2 aromatic rings. The minimum Gasteiger partial charge on any atom is -0.423 e. The number of benzene rings is 1. The number of nitrogens with two attached hydrogens (primary N) is 1. The maximum absolute atomic E-state index is 8.91. The molecule has 13 heavy (non-hydrogen) atoms. The van der Waals surface area contributed by atoms with E-state index in [1.807, 2.05) is 0 Å². The molecular weight excluding hydrogens is 169 g/mol. The quantitative estimate of drug-likeness (QED) is 0.326. The molecule has 0 aliphatic rings. The largest absolute Gasteiger partial charge is 0.488 e. The highest BCUT2D eigenvalue weighted by atomic mass is 16.4. The molecule has 0 spiro atoms. The zero-order valence-electron chi connectivity index (χ0n) is 6.73. The van der Waals surface area contributed by atoms with Gasteiger partial charge in [0.2, 0.25) is 0 Å². The summed E-state index contributed by atoms with van der Waals surface area (Å²) in [5.41, 5.74) is 7.76. The fourth-order valence-corrected chi connectivity index (χ4v) is 1.25. The third-order valence-electron chi connectivity index (χ3n) is 1.87. The summed E-state index contributed by atoms with van der Waals surface area (Å²) in [6.07, 6.45) is 1.51. The van der Waals surface area contributed by atoms with Gasteiger partial charge in [-0.3, -0.25) is 0 Å². The Morgan fingerprint density at radius 3 is 2.85 bits per heavy atom. The van der Waals surface area contributed by atoms with E-state index in [4.69, 9.17) is 15.8 Å². The Labute approximate surface area is 74.4 Å². The van der Waals surface area contributed by atoms with E-state index in [1.165, 1.54) is 12.4 Å². The van der Waals surface area contributed by atoms with E-state index in [2.05, 4.69) is 9.97 Å². The number of nitrogens with one attached hydrogen (secondary N) is 1. The summed E-state index contributed by atoms with van der Waals surface area (Å²) in [5.74, 6) is 0. The van der Waals surface area contributed by atoms with E-state index in [9.17, 15) is 0 Å². The molecule has 1 aromatic carbocycles. The molecule has 0 saturated carbocycles. The minimum absolute atomic E-state index is 0.356. The summed E-state index contributed by atoms with van der Waals surface area (Å²) >= 11 is 0. The number of aromatic nitrogens is 2. The van der Waals surface area contributed by atoms with E-state index >= 15 is 0 Å². The fraction of sp³-hybridized carbons (Fsp3) is 0. The predicted molar refractivity (Wildman–Crippen MR) is 50.3 cm³/mol. The summed E-state index contributed by atoms with van der Waals surface area (Å²) in [7, 11) is -1.50. The standard InChI is InChI=1S/C7H8BN3O2/c9-5-1-4(8(12)13)2-6-7(5)11-3-10-6/h1-3,12-13H,9H2,(H,10,11). The van der Waals surface area contributed by atoms with Crippen molar-refractivity contribution < 1.29 is 10.0 Å². The molecule has 6 heteroatoms. The first kappa shape index (κ1) is 8.09. The monoisotopic (exact) mass is 177 g/mol. The number of anilines is 1. The molecule has 0 fully saturated rings. The second-order valence-corrected chi connectivity index (χ2v) is 2.78. The Hall–Kier alpha value is -1.53. The molecule has 5 N–H and O–H groups in total. The van der Waals surface area contributed by atoms with Crippen molar-refractivity contribution in [3.63, 3.8) is 0 Å². The number of rotatable bonds is 1. The molecule has 5 nitrogen and oxygen atoms in total. The van der Waals surface area contributed by atoms with Gasteiger partial charge >= 0.3 is 7.12 Å². The van der Waals surface area contributed by atoms with Gasteiger partial charge in [-0.25, -0.2) is 4.98 Å². The van der Waals surface area contributed by atoms with Crippen LogP contribution in [0.4, 0.5) is 5.69 Å². The molecular formula is C7H8BN3O2. The van der Waals surface area contributed by atoms with Crippen molar-refractivity contribution in [1.29, 1.82) is 0 Å². The fourth-order valence-electron chi connectivity index (χ4n) is 1.25. The number of nitrogen functional groups attached to an aromatic ring is 1. The van der Waals surface area contributed by atoms with Crippen molar-refractivity contribution in [1.82, 2.24) is 9.97 Å². The number of hydrogen-bond donors (Lipinski definition) is 4. The van der Waals surface area contributed by atoms with Crippen molar-refractivity contribution in [2.75, 3.05) is 5.73 Å². The SMILES string of the molecule is Nc1cc(B(O)O)cc2[nH]cnc12. The third kappa shape index (κ3) is 1.26. The Morgan fingerprint density at radius 1 is 1.38 bits per heavy atom.